The Morgan fingerprint density at radius 3 is 1.91 bits per heavy atom. The Bertz CT molecular complexity index is 1140. The molecule has 34 heavy (non-hydrogen) atoms. The Morgan fingerprint density at radius 2 is 1.29 bits per heavy atom. The molecule has 3 aromatic carbocycles. The van der Waals surface area contributed by atoms with Gasteiger partial charge >= 0.3 is 5.97 Å². The van der Waals surface area contributed by atoms with Crippen molar-refractivity contribution in [2.75, 3.05) is 34.5 Å². The molecule has 6 nitrogen and oxygen atoms in total. The fourth-order valence-electron chi connectivity index (χ4n) is 4.15. The van der Waals surface area contributed by atoms with Gasteiger partial charge in [-0.15, -0.1) is 0 Å². The number of esters is 1. The third-order valence-corrected chi connectivity index (χ3v) is 6.03. The van der Waals surface area contributed by atoms with Gasteiger partial charge in [0.25, 0.3) is 0 Å². The molecule has 0 saturated heterocycles. The van der Waals surface area contributed by atoms with Crippen LogP contribution in [-0.2, 0) is 30.4 Å². The zero-order valence-corrected chi connectivity index (χ0v) is 19.9. The molecule has 1 heterocycles. The van der Waals surface area contributed by atoms with E-state index in [1.807, 2.05) is 24.3 Å². The number of carbonyl (C=O) groups excluding carboxylic acids is 1. The van der Waals surface area contributed by atoms with E-state index >= 15 is 0 Å². The lowest BCUT2D eigenvalue weighted by atomic mass is 9.97. The Kier molecular flexibility index (Phi) is 7.58. The number of benzene rings is 3. The topological polar surface area (TPSA) is 63.2 Å². The fraction of sp³-hybridized carbons (Fsp3) is 0.321. The van der Waals surface area contributed by atoms with Crippen molar-refractivity contribution in [2.24, 2.45) is 0 Å². The minimum Gasteiger partial charge on any atom is -0.496 e. The van der Waals surface area contributed by atoms with Crippen molar-refractivity contribution in [1.29, 1.82) is 0 Å². The first-order valence-electron chi connectivity index (χ1n) is 11.4. The predicted octanol–water partition coefficient (Wildman–Crippen LogP) is 4.83. The van der Waals surface area contributed by atoms with E-state index in [1.165, 1.54) is 12.7 Å². The zero-order valence-electron chi connectivity index (χ0n) is 19.9. The van der Waals surface area contributed by atoms with Gasteiger partial charge in [0.05, 0.1) is 26.9 Å². The summed E-state index contributed by atoms with van der Waals surface area (Å²) in [6, 6.07) is 17.8. The van der Waals surface area contributed by atoms with Crippen LogP contribution in [0.1, 0.15) is 32.6 Å². The monoisotopic (exact) mass is 462 g/mol. The number of aryl methyl sites for hydroxylation is 4. The smallest absolute Gasteiger partial charge is 0.337 e. The molecule has 0 spiro atoms. The number of hydrogen-bond acceptors (Lipinski definition) is 6. The van der Waals surface area contributed by atoms with Crippen LogP contribution in [0.4, 0.5) is 0 Å². The van der Waals surface area contributed by atoms with Gasteiger partial charge in [-0.3, -0.25) is 0 Å². The fourth-order valence-corrected chi connectivity index (χ4v) is 4.15. The van der Waals surface area contributed by atoms with Crippen LogP contribution in [0.3, 0.4) is 0 Å². The number of ether oxygens (including phenoxy) is 5. The Balaban J connectivity index is 1.48. The molecule has 3 aromatic rings. The summed E-state index contributed by atoms with van der Waals surface area (Å²) in [5.41, 5.74) is 5.14. The highest BCUT2D eigenvalue weighted by molar-refractivity contribution is 5.89. The molecule has 6 heteroatoms. The van der Waals surface area contributed by atoms with Crippen LogP contribution < -0.4 is 18.9 Å². The molecule has 1 aliphatic heterocycles. The molecular formula is C28H30O6. The normalized spacial score (nSPS) is 12.2. The molecule has 0 bridgehead atoms. The van der Waals surface area contributed by atoms with E-state index in [0.29, 0.717) is 18.8 Å². The van der Waals surface area contributed by atoms with E-state index in [2.05, 4.69) is 18.2 Å². The molecule has 0 aromatic heterocycles. The van der Waals surface area contributed by atoms with Crippen LogP contribution in [0, 0.1) is 0 Å². The van der Waals surface area contributed by atoms with Gasteiger partial charge in [-0.2, -0.15) is 0 Å². The van der Waals surface area contributed by atoms with E-state index in [4.69, 9.17) is 23.7 Å². The molecule has 0 unspecified atom stereocenters. The number of fused-ring (bicyclic) bond motifs is 1. The van der Waals surface area contributed by atoms with E-state index in [1.54, 1.807) is 26.4 Å². The largest absolute Gasteiger partial charge is 0.496 e. The first-order valence-corrected chi connectivity index (χ1v) is 11.4. The van der Waals surface area contributed by atoms with Crippen molar-refractivity contribution < 1.29 is 28.5 Å². The summed E-state index contributed by atoms with van der Waals surface area (Å²) < 4.78 is 27.4. The average Bonchev–Trinajstić information content (AvgIpc) is 2.90. The molecule has 1 aliphatic rings. The second-order valence-corrected chi connectivity index (χ2v) is 8.14. The van der Waals surface area contributed by atoms with Gasteiger partial charge in [0.2, 0.25) is 0 Å². The summed E-state index contributed by atoms with van der Waals surface area (Å²) >= 11 is 0. The quantitative estimate of drug-likeness (QED) is 0.425. The standard InChI is InChI=1S/C28H30O6/c1-30-25-18-26(31-2)23(12-7-20-8-13-24-27(16-20)34-15-14-33-24)17-22(25)11-6-19-4-9-21(10-5-19)28(29)32-3/h4-5,8-10,13,16-18H,6-7,11-12,14-15H2,1-3H3. The maximum atomic E-state index is 11.7. The highest BCUT2D eigenvalue weighted by atomic mass is 16.6. The second-order valence-electron chi connectivity index (χ2n) is 8.14. The van der Waals surface area contributed by atoms with Gasteiger partial charge in [0.1, 0.15) is 24.7 Å². The molecule has 0 radical (unpaired) electrons. The molecule has 0 N–H and O–H groups in total. The lowest BCUT2D eigenvalue weighted by Gasteiger charge is -2.19. The van der Waals surface area contributed by atoms with Gasteiger partial charge in [-0.1, -0.05) is 18.2 Å². The van der Waals surface area contributed by atoms with Crippen LogP contribution in [0.2, 0.25) is 0 Å². The first kappa shape index (κ1) is 23.5. The van der Waals surface area contributed by atoms with E-state index in [-0.39, 0.29) is 5.97 Å². The second kappa shape index (κ2) is 11.0. The third kappa shape index (κ3) is 5.45. The van der Waals surface area contributed by atoms with Crippen molar-refractivity contribution in [1.82, 2.24) is 0 Å². The first-order chi connectivity index (χ1) is 16.6. The van der Waals surface area contributed by atoms with Crippen molar-refractivity contribution in [3.63, 3.8) is 0 Å². The Labute approximate surface area is 200 Å². The highest BCUT2D eigenvalue weighted by Gasteiger charge is 2.15. The van der Waals surface area contributed by atoms with Crippen molar-refractivity contribution in [3.8, 4) is 23.0 Å². The molecule has 0 amide bonds. The van der Waals surface area contributed by atoms with Crippen molar-refractivity contribution in [3.05, 3.63) is 82.4 Å². The molecule has 0 aliphatic carbocycles. The molecule has 4 rings (SSSR count). The van der Waals surface area contributed by atoms with E-state index < -0.39 is 0 Å². The molecule has 0 fully saturated rings. The number of methoxy groups -OCH3 is 3. The Hall–Kier alpha value is -3.67. The minimum absolute atomic E-state index is 0.328. The molecule has 0 saturated carbocycles. The van der Waals surface area contributed by atoms with Gasteiger partial charge in [-0.05, 0) is 78.3 Å². The van der Waals surface area contributed by atoms with Gasteiger partial charge < -0.3 is 23.7 Å². The predicted molar refractivity (Wildman–Crippen MR) is 130 cm³/mol. The summed E-state index contributed by atoms with van der Waals surface area (Å²) in [5, 5.41) is 0. The molecule has 0 atom stereocenters. The maximum absolute atomic E-state index is 11.7. The van der Waals surface area contributed by atoms with E-state index in [0.717, 1.165) is 65.4 Å². The number of hydrogen-bond donors (Lipinski definition) is 0. The van der Waals surface area contributed by atoms with Gasteiger partial charge in [-0.25, -0.2) is 4.79 Å². The van der Waals surface area contributed by atoms with Crippen LogP contribution >= 0.6 is 0 Å². The molecular weight excluding hydrogens is 432 g/mol. The van der Waals surface area contributed by atoms with E-state index in [9.17, 15) is 4.79 Å². The summed E-state index contributed by atoms with van der Waals surface area (Å²) in [7, 11) is 4.75. The lowest BCUT2D eigenvalue weighted by Crippen LogP contribution is -2.15. The summed E-state index contributed by atoms with van der Waals surface area (Å²) in [5.74, 6) is 2.92. The van der Waals surface area contributed by atoms with Crippen LogP contribution in [0.5, 0.6) is 23.0 Å². The van der Waals surface area contributed by atoms with Gasteiger partial charge in [0, 0.05) is 6.07 Å². The van der Waals surface area contributed by atoms with Crippen LogP contribution in [-0.4, -0.2) is 40.5 Å². The van der Waals surface area contributed by atoms with Gasteiger partial charge in [0.15, 0.2) is 11.5 Å². The summed E-state index contributed by atoms with van der Waals surface area (Å²) in [6.45, 7) is 1.17. The zero-order chi connectivity index (χ0) is 23.9. The maximum Gasteiger partial charge on any atom is 0.337 e. The average molecular weight is 463 g/mol. The summed E-state index contributed by atoms with van der Waals surface area (Å²) in [4.78, 5) is 11.7. The van der Waals surface area contributed by atoms with Crippen LogP contribution in [0.25, 0.3) is 0 Å². The summed E-state index contributed by atoms with van der Waals surface area (Å²) in [6.07, 6.45) is 3.31. The van der Waals surface area contributed by atoms with Crippen molar-refractivity contribution >= 4 is 5.97 Å². The number of carbonyl (C=O) groups is 1. The lowest BCUT2D eigenvalue weighted by molar-refractivity contribution is 0.0600. The number of rotatable bonds is 9. The highest BCUT2D eigenvalue weighted by Crippen LogP contribution is 2.33. The minimum atomic E-state index is -0.328. The van der Waals surface area contributed by atoms with Crippen LogP contribution in [0.15, 0.2) is 54.6 Å². The molecule has 178 valence electrons. The third-order valence-electron chi connectivity index (χ3n) is 6.03. The van der Waals surface area contributed by atoms with Crippen molar-refractivity contribution in [2.45, 2.75) is 25.7 Å². The SMILES string of the molecule is COC(=O)c1ccc(CCc2cc(CCc3ccc4c(c3)OCCO4)c(OC)cc2OC)cc1. The Morgan fingerprint density at radius 1 is 0.706 bits per heavy atom.